The lowest BCUT2D eigenvalue weighted by atomic mass is 10.2. The van der Waals surface area contributed by atoms with Crippen molar-refractivity contribution in [2.45, 2.75) is 52.2 Å². The summed E-state index contributed by atoms with van der Waals surface area (Å²) in [6, 6.07) is 8.30. The van der Waals surface area contributed by atoms with E-state index < -0.39 is 6.09 Å². The van der Waals surface area contributed by atoms with E-state index in [1.165, 1.54) is 24.3 Å². The van der Waals surface area contributed by atoms with Crippen molar-refractivity contribution in [3.05, 3.63) is 24.3 Å². The topological polar surface area (TPSA) is 62.3 Å². The summed E-state index contributed by atoms with van der Waals surface area (Å²) in [5.41, 5.74) is 0.824. The minimum atomic E-state index is -0.430. The lowest BCUT2D eigenvalue weighted by Crippen LogP contribution is -2.52. The molecule has 0 spiro atoms. The Hall–Kier alpha value is -2.28. The van der Waals surface area contributed by atoms with Crippen LogP contribution >= 0.6 is 0 Å². The molecule has 0 aromatic heterocycles. The third kappa shape index (κ3) is 5.85. The van der Waals surface area contributed by atoms with Crippen molar-refractivity contribution in [3.8, 4) is 5.75 Å². The van der Waals surface area contributed by atoms with Crippen molar-refractivity contribution >= 4 is 17.7 Å². The molecule has 1 atom stereocenters. The van der Waals surface area contributed by atoms with Gasteiger partial charge in [-0.2, -0.15) is 0 Å². The fraction of sp³-hybridized carbons (Fsp3) is 0.636. The van der Waals surface area contributed by atoms with Gasteiger partial charge in [0.05, 0.1) is 12.7 Å². The first-order valence-corrected chi connectivity index (χ1v) is 10.7. The molecule has 0 aliphatic carbocycles. The molecule has 2 aliphatic rings. The van der Waals surface area contributed by atoms with Crippen molar-refractivity contribution in [1.29, 1.82) is 0 Å². The Bertz CT molecular complexity index is 692. The summed E-state index contributed by atoms with van der Waals surface area (Å²) in [4.78, 5) is 30.2. The van der Waals surface area contributed by atoms with Crippen molar-refractivity contribution in [1.82, 2.24) is 9.80 Å². The van der Waals surface area contributed by atoms with Gasteiger partial charge in [0.15, 0.2) is 0 Å². The highest BCUT2D eigenvalue weighted by Gasteiger charge is 2.29. The van der Waals surface area contributed by atoms with Gasteiger partial charge >= 0.3 is 6.09 Å². The molecule has 0 N–H and O–H groups in total. The monoisotopic (exact) mass is 403 g/mol. The second-order valence-electron chi connectivity index (χ2n) is 8.12. The van der Waals surface area contributed by atoms with Crippen molar-refractivity contribution in [3.63, 3.8) is 0 Å². The first-order valence-electron chi connectivity index (χ1n) is 10.7. The van der Waals surface area contributed by atoms with Crippen LogP contribution in [-0.2, 0) is 9.53 Å². The smallest absolute Gasteiger partial charge is 0.410 e. The van der Waals surface area contributed by atoms with Crippen LogP contribution in [0.25, 0.3) is 0 Å². The third-order valence-electron chi connectivity index (χ3n) is 5.51. The van der Waals surface area contributed by atoms with E-state index >= 15 is 0 Å². The zero-order chi connectivity index (χ0) is 20.8. The molecule has 0 saturated carbocycles. The Morgan fingerprint density at radius 2 is 1.93 bits per heavy atom. The minimum absolute atomic E-state index is 0.0404. The van der Waals surface area contributed by atoms with Crippen LogP contribution in [-0.4, -0.2) is 73.3 Å². The Morgan fingerprint density at radius 3 is 2.55 bits per heavy atom. The van der Waals surface area contributed by atoms with Crippen LogP contribution in [0.2, 0.25) is 0 Å². The van der Waals surface area contributed by atoms with Gasteiger partial charge in [-0.3, -0.25) is 9.69 Å². The third-order valence-corrected chi connectivity index (χ3v) is 5.51. The highest BCUT2D eigenvalue weighted by atomic mass is 16.6. The number of hydrogen-bond donors (Lipinski definition) is 0. The molecule has 0 radical (unpaired) electrons. The molecular weight excluding hydrogens is 370 g/mol. The molecule has 160 valence electrons. The fourth-order valence-electron chi connectivity index (χ4n) is 3.88. The second kappa shape index (κ2) is 9.96. The summed E-state index contributed by atoms with van der Waals surface area (Å²) in [5.74, 6) is 0.708. The van der Waals surface area contributed by atoms with Gasteiger partial charge in [-0.05, 0) is 70.8 Å². The average Bonchev–Trinajstić information content (AvgIpc) is 3.10. The van der Waals surface area contributed by atoms with Crippen LogP contribution in [0.5, 0.6) is 5.75 Å². The molecule has 29 heavy (non-hydrogen) atoms. The number of nitrogens with zero attached hydrogens (tertiary/aromatic N) is 3. The quantitative estimate of drug-likeness (QED) is 0.655. The van der Waals surface area contributed by atoms with E-state index in [0.717, 1.165) is 24.4 Å². The van der Waals surface area contributed by atoms with Gasteiger partial charge in [0.2, 0.25) is 5.91 Å². The predicted molar refractivity (Wildman–Crippen MR) is 112 cm³/mol. The van der Waals surface area contributed by atoms with Gasteiger partial charge in [0.1, 0.15) is 12.3 Å². The molecule has 1 unspecified atom stereocenters. The lowest BCUT2D eigenvalue weighted by molar-refractivity contribution is -0.121. The maximum atomic E-state index is 12.5. The number of carbonyl (C=O) groups excluding carboxylic acids is 2. The molecular formula is C22H33N3O4. The molecule has 2 aliphatic heterocycles. The van der Waals surface area contributed by atoms with Gasteiger partial charge < -0.3 is 19.3 Å². The van der Waals surface area contributed by atoms with Gasteiger partial charge in [0.25, 0.3) is 0 Å². The summed E-state index contributed by atoms with van der Waals surface area (Å²) in [6.07, 6.45) is 2.99. The van der Waals surface area contributed by atoms with Gasteiger partial charge in [-0.15, -0.1) is 0 Å². The van der Waals surface area contributed by atoms with Crippen molar-refractivity contribution in [2.24, 2.45) is 0 Å². The minimum Gasteiger partial charge on any atom is -0.494 e. The molecule has 1 aromatic rings. The van der Waals surface area contributed by atoms with Crippen molar-refractivity contribution < 1.29 is 19.1 Å². The SMILES string of the molecule is CC(C)OC(=O)N1CCN(c2ccc(OCCCN3CCCC3C)cc2)C(=O)C1. The van der Waals surface area contributed by atoms with Gasteiger partial charge in [0, 0.05) is 31.4 Å². The average molecular weight is 404 g/mol. The summed E-state index contributed by atoms with van der Waals surface area (Å²) in [6.45, 7) is 9.82. The van der Waals surface area contributed by atoms with Crippen molar-refractivity contribution in [2.75, 3.05) is 44.2 Å². The number of carbonyl (C=O) groups is 2. The maximum absolute atomic E-state index is 12.5. The van der Waals surface area contributed by atoms with E-state index in [4.69, 9.17) is 9.47 Å². The van der Waals surface area contributed by atoms with E-state index in [1.54, 1.807) is 18.7 Å². The number of hydrogen-bond acceptors (Lipinski definition) is 5. The zero-order valence-corrected chi connectivity index (χ0v) is 17.8. The lowest BCUT2D eigenvalue weighted by Gasteiger charge is -2.34. The summed E-state index contributed by atoms with van der Waals surface area (Å²) in [7, 11) is 0. The molecule has 7 nitrogen and oxygen atoms in total. The normalized spacial score (nSPS) is 20.4. The zero-order valence-electron chi connectivity index (χ0n) is 17.8. The molecule has 3 rings (SSSR count). The van der Waals surface area contributed by atoms with Crippen LogP contribution in [0.1, 0.15) is 40.0 Å². The van der Waals surface area contributed by atoms with Gasteiger partial charge in [-0.25, -0.2) is 4.79 Å². The molecule has 2 fully saturated rings. The Labute approximate surface area is 173 Å². The number of rotatable bonds is 7. The highest BCUT2D eigenvalue weighted by Crippen LogP contribution is 2.22. The first-order chi connectivity index (χ1) is 13.9. The fourth-order valence-corrected chi connectivity index (χ4v) is 3.88. The first kappa shape index (κ1) is 21.4. The Balaban J connectivity index is 1.44. The number of likely N-dealkylation sites (tertiary alicyclic amines) is 1. The van der Waals surface area contributed by atoms with Crippen LogP contribution in [0.15, 0.2) is 24.3 Å². The van der Waals surface area contributed by atoms with Crippen LogP contribution in [0.4, 0.5) is 10.5 Å². The van der Waals surface area contributed by atoms with Crippen LogP contribution in [0, 0.1) is 0 Å². The second-order valence-corrected chi connectivity index (χ2v) is 8.12. The van der Waals surface area contributed by atoms with E-state index in [1.807, 2.05) is 24.3 Å². The van der Waals surface area contributed by atoms with E-state index in [-0.39, 0.29) is 18.6 Å². The highest BCUT2D eigenvalue weighted by molar-refractivity contribution is 5.97. The molecule has 2 heterocycles. The maximum Gasteiger partial charge on any atom is 0.410 e. The Kier molecular flexibility index (Phi) is 7.36. The number of anilines is 1. The number of amides is 2. The number of benzene rings is 1. The summed E-state index contributed by atoms with van der Waals surface area (Å²) in [5, 5.41) is 0. The summed E-state index contributed by atoms with van der Waals surface area (Å²) < 4.78 is 11.0. The molecule has 2 saturated heterocycles. The van der Waals surface area contributed by atoms with E-state index in [0.29, 0.717) is 25.7 Å². The molecule has 1 aromatic carbocycles. The molecule has 7 heteroatoms. The van der Waals surface area contributed by atoms with E-state index in [9.17, 15) is 9.59 Å². The van der Waals surface area contributed by atoms with Gasteiger partial charge in [-0.1, -0.05) is 0 Å². The van der Waals surface area contributed by atoms with Crippen LogP contribution in [0.3, 0.4) is 0 Å². The Morgan fingerprint density at radius 1 is 1.17 bits per heavy atom. The number of ether oxygens (including phenoxy) is 2. The van der Waals surface area contributed by atoms with Crippen LogP contribution < -0.4 is 9.64 Å². The molecule has 0 bridgehead atoms. The number of piperazine rings is 1. The standard InChI is InChI=1S/C22H33N3O4/c1-17(2)29-22(27)24-13-14-25(21(26)16-24)19-7-9-20(10-8-19)28-15-5-12-23-11-4-6-18(23)3/h7-10,17-18H,4-6,11-16H2,1-3H3. The summed E-state index contributed by atoms with van der Waals surface area (Å²) >= 11 is 0. The molecule has 2 amide bonds. The largest absolute Gasteiger partial charge is 0.494 e. The predicted octanol–water partition coefficient (Wildman–Crippen LogP) is 3.13. The van der Waals surface area contributed by atoms with E-state index in [2.05, 4.69) is 11.8 Å².